The van der Waals surface area contributed by atoms with Crippen LogP contribution in [0.4, 0.5) is 5.69 Å². The molecule has 0 unspecified atom stereocenters. The summed E-state index contributed by atoms with van der Waals surface area (Å²) in [6.45, 7) is 2.19. The first-order valence-electron chi connectivity index (χ1n) is 8.27. The lowest BCUT2D eigenvalue weighted by atomic mass is 10.1. The number of pyridine rings is 1. The largest absolute Gasteiger partial charge is 0.497 e. The molecule has 0 saturated carbocycles. The molecule has 1 amide bonds. The fourth-order valence-electron chi connectivity index (χ4n) is 2.85. The van der Waals surface area contributed by atoms with E-state index in [2.05, 4.69) is 5.32 Å². The molecule has 0 fully saturated rings. The molecule has 6 heteroatoms. The Kier molecular flexibility index (Phi) is 4.93. The third-order valence-electron chi connectivity index (χ3n) is 4.23. The van der Waals surface area contributed by atoms with Crippen molar-refractivity contribution in [3.63, 3.8) is 0 Å². The Hall–Kier alpha value is -3.28. The number of nitrogens with two attached hydrogens (primary N) is 1. The summed E-state index contributed by atoms with van der Waals surface area (Å²) < 4.78 is 6.62. The summed E-state index contributed by atoms with van der Waals surface area (Å²) in [7, 11) is 1.55. The van der Waals surface area contributed by atoms with Crippen LogP contribution < -0.4 is 21.3 Å². The maximum Gasteiger partial charge on any atom is 0.256 e. The zero-order valence-electron chi connectivity index (χ0n) is 14.8. The molecule has 0 radical (unpaired) electrons. The van der Waals surface area contributed by atoms with Crippen molar-refractivity contribution in [2.24, 2.45) is 5.73 Å². The van der Waals surface area contributed by atoms with Crippen LogP contribution in [-0.4, -0.2) is 17.6 Å². The van der Waals surface area contributed by atoms with Crippen LogP contribution in [0, 0.1) is 6.92 Å². The normalized spacial score (nSPS) is 10.7. The fourth-order valence-corrected chi connectivity index (χ4v) is 2.85. The van der Waals surface area contributed by atoms with Gasteiger partial charge in [-0.1, -0.05) is 17.7 Å². The zero-order chi connectivity index (χ0) is 18.7. The van der Waals surface area contributed by atoms with E-state index in [0.717, 1.165) is 11.1 Å². The number of nitrogens with one attached hydrogen (secondary N) is 1. The highest BCUT2D eigenvalue weighted by atomic mass is 16.5. The van der Waals surface area contributed by atoms with Gasteiger partial charge in [0.1, 0.15) is 12.3 Å². The summed E-state index contributed by atoms with van der Waals surface area (Å²) in [6, 6.07) is 15.2. The number of hydrogen-bond acceptors (Lipinski definition) is 4. The highest BCUT2D eigenvalue weighted by Crippen LogP contribution is 2.21. The monoisotopic (exact) mass is 351 g/mol. The van der Waals surface area contributed by atoms with Crippen molar-refractivity contribution in [3.8, 4) is 5.75 Å². The molecule has 3 aromatic rings. The second-order valence-corrected chi connectivity index (χ2v) is 6.17. The highest BCUT2D eigenvalue weighted by molar-refractivity contribution is 5.83. The number of methoxy groups -OCH3 is 1. The Morgan fingerprint density at radius 3 is 2.54 bits per heavy atom. The van der Waals surface area contributed by atoms with Gasteiger partial charge in [-0.05, 0) is 42.6 Å². The van der Waals surface area contributed by atoms with Gasteiger partial charge in [0.25, 0.3) is 5.56 Å². The summed E-state index contributed by atoms with van der Waals surface area (Å²) in [6.07, 6.45) is 0. The van der Waals surface area contributed by atoms with Crippen LogP contribution in [0.25, 0.3) is 10.9 Å². The Morgan fingerprint density at radius 2 is 1.88 bits per heavy atom. The summed E-state index contributed by atoms with van der Waals surface area (Å²) in [5.41, 5.74) is 8.36. The third kappa shape index (κ3) is 3.69. The van der Waals surface area contributed by atoms with Crippen molar-refractivity contribution >= 4 is 22.5 Å². The van der Waals surface area contributed by atoms with E-state index in [4.69, 9.17) is 10.5 Å². The van der Waals surface area contributed by atoms with Crippen LogP contribution in [-0.2, 0) is 17.9 Å². The quantitative estimate of drug-likeness (QED) is 0.714. The minimum Gasteiger partial charge on any atom is -0.497 e. The van der Waals surface area contributed by atoms with Crippen molar-refractivity contribution < 1.29 is 9.53 Å². The van der Waals surface area contributed by atoms with Crippen molar-refractivity contribution in [3.05, 3.63) is 70.0 Å². The van der Waals surface area contributed by atoms with E-state index in [0.29, 0.717) is 23.4 Å². The van der Waals surface area contributed by atoms with Gasteiger partial charge in [-0.25, -0.2) is 0 Å². The molecule has 0 bridgehead atoms. The topological polar surface area (TPSA) is 86.3 Å². The minimum absolute atomic E-state index is 0.180. The van der Waals surface area contributed by atoms with Gasteiger partial charge in [-0.15, -0.1) is 0 Å². The van der Waals surface area contributed by atoms with Gasteiger partial charge in [-0.2, -0.15) is 0 Å². The number of aryl methyl sites for hydroxylation is 1. The number of benzene rings is 2. The molecule has 0 saturated heterocycles. The first-order valence-corrected chi connectivity index (χ1v) is 8.27. The van der Waals surface area contributed by atoms with Crippen molar-refractivity contribution in [1.82, 2.24) is 4.57 Å². The first kappa shape index (κ1) is 17.5. The first-order chi connectivity index (χ1) is 12.5. The predicted molar refractivity (Wildman–Crippen MR) is 102 cm³/mol. The summed E-state index contributed by atoms with van der Waals surface area (Å²) in [4.78, 5) is 24.3. The van der Waals surface area contributed by atoms with E-state index in [9.17, 15) is 9.59 Å². The number of hydrogen-bond donors (Lipinski definition) is 2. The van der Waals surface area contributed by atoms with E-state index in [-0.39, 0.29) is 12.1 Å². The Bertz CT molecular complexity index is 1010. The van der Waals surface area contributed by atoms with Crippen LogP contribution >= 0.6 is 0 Å². The molecule has 3 rings (SSSR count). The molecule has 0 spiro atoms. The number of carbonyl (C=O) groups excluding carboxylic acids is 1. The SMILES string of the molecule is COc1ccc2cc(CNc3ccc(C)cc3)c(=O)n(CC(N)=O)c2c1. The van der Waals surface area contributed by atoms with Crippen LogP contribution in [0.5, 0.6) is 5.75 Å². The van der Waals surface area contributed by atoms with Crippen molar-refractivity contribution in [2.45, 2.75) is 20.0 Å². The summed E-state index contributed by atoms with van der Waals surface area (Å²) in [5, 5.41) is 4.08. The molecule has 0 aliphatic carbocycles. The number of carbonyl (C=O) groups is 1. The van der Waals surface area contributed by atoms with Crippen LogP contribution in [0.15, 0.2) is 53.3 Å². The zero-order valence-corrected chi connectivity index (χ0v) is 14.8. The molecule has 6 nitrogen and oxygen atoms in total. The van der Waals surface area contributed by atoms with Gasteiger partial charge in [0.2, 0.25) is 5.91 Å². The smallest absolute Gasteiger partial charge is 0.256 e. The molecule has 0 aliphatic heterocycles. The molecule has 1 heterocycles. The average Bonchev–Trinajstić information content (AvgIpc) is 2.63. The molecule has 0 aliphatic rings. The Labute approximate surface area is 151 Å². The van der Waals surface area contributed by atoms with E-state index < -0.39 is 5.91 Å². The second-order valence-electron chi connectivity index (χ2n) is 6.17. The molecular formula is C20H21N3O3. The van der Waals surface area contributed by atoms with Gasteiger partial charge in [0.15, 0.2) is 0 Å². The minimum atomic E-state index is -0.570. The average molecular weight is 351 g/mol. The van der Waals surface area contributed by atoms with Gasteiger partial charge in [0, 0.05) is 23.9 Å². The number of rotatable bonds is 6. The Balaban J connectivity index is 2.02. The number of fused-ring (bicyclic) bond motifs is 1. The van der Waals surface area contributed by atoms with Crippen LogP contribution in [0.3, 0.4) is 0 Å². The molecule has 26 heavy (non-hydrogen) atoms. The van der Waals surface area contributed by atoms with Crippen molar-refractivity contribution in [2.75, 3.05) is 12.4 Å². The summed E-state index contributed by atoms with van der Waals surface area (Å²) in [5.74, 6) is 0.0421. The van der Waals surface area contributed by atoms with E-state index in [1.54, 1.807) is 13.2 Å². The fraction of sp³-hybridized carbons (Fsp3) is 0.200. The number of amides is 1. The number of anilines is 1. The number of ether oxygens (including phenoxy) is 1. The molecule has 0 atom stereocenters. The number of aromatic nitrogens is 1. The van der Waals surface area contributed by atoms with Gasteiger partial charge in [0.05, 0.1) is 12.6 Å². The molecule has 134 valence electrons. The molecule has 3 N–H and O–H groups in total. The molecular weight excluding hydrogens is 330 g/mol. The number of nitrogens with zero attached hydrogens (tertiary/aromatic N) is 1. The van der Waals surface area contributed by atoms with E-state index >= 15 is 0 Å². The Morgan fingerprint density at radius 1 is 1.15 bits per heavy atom. The molecule has 2 aromatic carbocycles. The highest BCUT2D eigenvalue weighted by Gasteiger charge is 2.12. The van der Waals surface area contributed by atoms with Crippen molar-refractivity contribution in [1.29, 1.82) is 0 Å². The van der Waals surface area contributed by atoms with Gasteiger partial charge in [-0.3, -0.25) is 14.2 Å². The predicted octanol–water partition coefficient (Wildman–Crippen LogP) is 2.42. The lowest BCUT2D eigenvalue weighted by molar-refractivity contribution is -0.118. The van der Waals surface area contributed by atoms with E-state index in [1.807, 2.05) is 49.4 Å². The lowest BCUT2D eigenvalue weighted by Crippen LogP contribution is -2.31. The third-order valence-corrected chi connectivity index (χ3v) is 4.23. The van der Waals surface area contributed by atoms with Gasteiger partial charge < -0.3 is 15.8 Å². The second kappa shape index (κ2) is 7.31. The summed E-state index contributed by atoms with van der Waals surface area (Å²) >= 11 is 0. The lowest BCUT2D eigenvalue weighted by Gasteiger charge is -2.13. The van der Waals surface area contributed by atoms with Crippen LogP contribution in [0.1, 0.15) is 11.1 Å². The standard InChI is InChI=1S/C20H21N3O3/c1-13-3-6-16(7-4-13)22-11-15-9-14-5-8-17(26-2)10-18(14)23(20(15)25)12-19(21)24/h3-10,22H,11-12H2,1-2H3,(H2,21,24). The van der Waals surface area contributed by atoms with Crippen LogP contribution in [0.2, 0.25) is 0 Å². The molecule has 1 aromatic heterocycles. The van der Waals surface area contributed by atoms with E-state index in [1.165, 1.54) is 10.1 Å². The maximum atomic E-state index is 12.9. The maximum absolute atomic E-state index is 12.9. The number of primary amides is 1. The van der Waals surface area contributed by atoms with Gasteiger partial charge >= 0.3 is 0 Å².